The van der Waals surface area contributed by atoms with Gasteiger partial charge in [0.05, 0.1) is 12.4 Å². The molecule has 0 aliphatic heterocycles. The van der Waals surface area contributed by atoms with Gasteiger partial charge in [0.25, 0.3) is 0 Å². The lowest BCUT2D eigenvalue weighted by atomic mass is 10.3. The van der Waals surface area contributed by atoms with Crippen LogP contribution in [0.5, 0.6) is 0 Å². The lowest BCUT2D eigenvalue weighted by molar-refractivity contribution is -0.143. The van der Waals surface area contributed by atoms with Gasteiger partial charge in [0.2, 0.25) is 10.0 Å². The van der Waals surface area contributed by atoms with Gasteiger partial charge in [-0.1, -0.05) is 0 Å². The monoisotopic (exact) mass is 305 g/mol. The van der Waals surface area contributed by atoms with Gasteiger partial charge in [-0.15, -0.1) is 0 Å². The highest BCUT2D eigenvalue weighted by Crippen LogP contribution is 2.21. The highest BCUT2D eigenvalue weighted by atomic mass is 32.2. The number of carbonyl (C=O) groups excluding carboxylic acids is 1. The molecular weight excluding hydrogens is 287 g/mol. The van der Waals surface area contributed by atoms with Crippen molar-refractivity contribution in [1.82, 2.24) is 4.72 Å². The Morgan fingerprint density at radius 3 is 2.42 bits per heavy atom. The molecule has 0 aromatic rings. The first-order valence-electron chi connectivity index (χ1n) is 5.86. The van der Waals surface area contributed by atoms with E-state index in [1.165, 1.54) is 0 Å². The molecule has 0 aromatic heterocycles. The van der Waals surface area contributed by atoms with Crippen LogP contribution in [0.2, 0.25) is 0 Å². The second-order valence-electron chi connectivity index (χ2n) is 3.84. The molecule has 19 heavy (non-hydrogen) atoms. The SMILES string of the molecule is CCOC(=O)CCCNS(=O)(=O)CCCC(F)(F)F. The molecule has 0 atom stereocenters. The number of sulfonamides is 1. The molecule has 1 N–H and O–H groups in total. The number of nitrogens with one attached hydrogen (secondary N) is 1. The maximum absolute atomic E-state index is 11.8. The Morgan fingerprint density at radius 2 is 1.89 bits per heavy atom. The zero-order valence-corrected chi connectivity index (χ0v) is 11.4. The summed E-state index contributed by atoms with van der Waals surface area (Å²) >= 11 is 0. The van der Waals surface area contributed by atoms with E-state index >= 15 is 0 Å². The number of alkyl halides is 3. The Labute approximate surface area is 110 Å². The van der Waals surface area contributed by atoms with Crippen LogP contribution < -0.4 is 4.72 Å². The Kier molecular flexibility index (Phi) is 8.00. The fraction of sp³-hybridized carbons (Fsp3) is 0.900. The van der Waals surface area contributed by atoms with Gasteiger partial charge >= 0.3 is 12.1 Å². The minimum absolute atomic E-state index is 0.00711. The van der Waals surface area contributed by atoms with E-state index in [0.717, 1.165) is 0 Å². The maximum Gasteiger partial charge on any atom is 0.389 e. The Morgan fingerprint density at radius 1 is 1.26 bits per heavy atom. The molecular formula is C10H18F3NO4S. The van der Waals surface area contributed by atoms with Gasteiger partial charge in [0.1, 0.15) is 0 Å². The first-order valence-corrected chi connectivity index (χ1v) is 7.51. The van der Waals surface area contributed by atoms with Crippen LogP contribution in [0.25, 0.3) is 0 Å². The third-order valence-electron chi connectivity index (χ3n) is 2.06. The number of halogens is 3. The molecule has 0 fully saturated rings. The van der Waals surface area contributed by atoms with Crippen LogP contribution in [0.1, 0.15) is 32.6 Å². The number of hydrogen-bond acceptors (Lipinski definition) is 4. The largest absolute Gasteiger partial charge is 0.466 e. The van der Waals surface area contributed by atoms with Crippen LogP contribution in [0, 0.1) is 0 Å². The van der Waals surface area contributed by atoms with Crippen molar-refractivity contribution >= 4 is 16.0 Å². The van der Waals surface area contributed by atoms with Crippen molar-refractivity contribution in [3.05, 3.63) is 0 Å². The summed E-state index contributed by atoms with van der Waals surface area (Å²) in [6, 6.07) is 0. The van der Waals surface area contributed by atoms with E-state index in [2.05, 4.69) is 9.46 Å². The third kappa shape index (κ3) is 12.0. The predicted molar refractivity (Wildman–Crippen MR) is 62.9 cm³/mol. The molecule has 9 heteroatoms. The van der Waals surface area contributed by atoms with Crippen molar-refractivity contribution in [3.63, 3.8) is 0 Å². The molecule has 0 bridgehead atoms. The van der Waals surface area contributed by atoms with Crippen LogP contribution in [-0.2, 0) is 19.6 Å². The number of carbonyl (C=O) groups is 1. The van der Waals surface area contributed by atoms with E-state index in [9.17, 15) is 26.4 Å². The number of rotatable bonds is 9. The molecule has 0 aliphatic rings. The number of hydrogen-bond donors (Lipinski definition) is 1. The van der Waals surface area contributed by atoms with E-state index < -0.39 is 40.8 Å². The summed E-state index contributed by atoms with van der Waals surface area (Å²) < 4.78 is 64.9. The molecule has 0 saturated heterocycles. The fourth-order valence-electron chi connectivity index (χ4n) is 1.23. The summed E-state index contributed by atoms with van der Waals surface area (Å²) in [5.41, 5.74) is 0. The zero-order valence-electron chi connectivity index (χ0n) is 10.6. The van der Waals surface area contributed by atoms with Crippen LogP contribution in [0.15, 0.2) is 0 Å². The summed E-state index contributed by atoms with van der Waals surface area (Å²) in [5, 5.41) is 0. The van der Waals surface area contributed by atoms with Crippen LogP contribution in [0.4, 0.5) is 13.2 Å². The van der Waals surface area contributed by atoms with E-state index in [1.807, 2.05) is 0 Å². The van der Waals surface area contributed by atoms with Gasteiger partial charge < -0.3 is 4.74 Å². The van der Waals surface area contributed by atoms with Crippen LogP contribution in [-0.4, -0.2) is 39.5 Å². The van der Waals surface area contributed by atoms with Crippen molar-refractivity contribution in [2.45, 2.75) is 38.8 Å². The van der Waals surface area contributed by atoms with Gasteiger partial charge in [-0.2, -0.15) is 13.2 Å². The molecule has 0 radical (unpaired) electrons. The molecule has 0 aromatic carbocycles. The van der Waals surface area contributed by atoms with E-state index in [-0.39, 0.29) is 26.0 Å². The number of esters is 1. The number of ether oxygens (including phenoxy) is 1. The molecule has 5 nitrogen and oxygen atoms in total. The molecule has 0 rings (SSSR count). The molecule has 0 saturated carbocycles. The molecule has 0 aliphatic carbocycles. The smallest absolute Gasteiger partial charge is 0.389 e. The first kappa shape index (κ1) is 18.2. The second kappa shape index (κ2) is 8.36. The van der Waals surface area contributed by atoms with Gasteiger partial charge in [-0.3, -0.25) is 4.79 Å². The predicted octanol–water partition coefficient (Wildman–Crippen LogP) is 1.59. The summed E-state index contributed by atoms with van der Waals surface area (Å²) in [4.78, 5) is 10.9. The molecule has 0 unspecified atom stereocenters. The second-order valence-corrected chi connectivity index (χ2v) is 5.77. The van der Waals surface area contributed by atoms with Crippen molar-refractivity contribution in [3.8, 4) is 0 Å². The maximum atomic E-state index is 11.8. The highest BCUT2D eigenvalue weighted by molar-refractivity contribution is 7.89. The van der Waals surface area contributed by atoms with Crippen LogP contribution >= 0.6 is 0 Å². The molecule has 0 spiro atoms. The Hall–Kier alpha value is -0.830. The van der Waals surface area contributed by atoms with E-state index in [0.29, 0.717) is 0 Å². The standard InChI is InChI=1S/C10H18F3NO4S/c1-2-18-9(15)5-3-7-14-19(16,17)8-4-6-10(11,12)13/h14H,2-8H2,1H3. The minimum Gasteiger partial charge on any atom is -0.466 e. The van der Waals surface area contributed by atoms with Gasteiger partial charge in [-0.25, -0.2) is 13.1 Å². The van der Waals surface area contributed by atoms with Crippen molar-refractivity contribution < 1.29 is 31.1 Å². The zero-order chi connectivity index (χ0) is 14.9. The topological polar surface area (TPSA) is 72.5 Å². The van der Waals surface area contributed by atoms with E-state index in [4.69, 9.17) is 0 Å². The summed E-state index contributed by atoms with van der Waals surface area (Å²) in [5.74, 6) is -1.01. The fourth-order valence-corrected chi connectivity index (χ4v) is 2.35. The average molecular weight is 305 g/mol. The highest BCUT2D eigenvalue weighted by Gasteiger charge is 2.27. The Balaban J connectivity index is 3.77. The van der Waals surface area contributed by atoms with Crippen molar-refractivity contribution in [1.29, 1.82) is 0 Å². The lowest BCUT2D eigenvalue weighted by Crippen LogP contribution is -2.28. The van der Waals surface area contributed by atoms with Crippen molar-refractivity contribution in [2.24, 2.45) is 0 Å². The normalized spacial score (nSPS) is 12.4. The Bertz CT molecular complexity index is 367. The summed E-state index contributed by atoms with van der Waals surface area (Å²) in [7, 11) is -3.72. The average Bonchev–Trinajstić information content (AvgIpc) is 2.22. The van der Waals surface area contributed by atoms with Gasteiger partial charge in [-0.05, 0) is 19.8 Å². The summed E-state index contributed by atoms with van der Waals surface area (Å²) in [6.07, 6.45) is -5.64. The van der Waals surface area contributed by atoms with E-state index in [1.54, 1.807) is 6.92 Å². The van der Waals surface area contributed by atoms with Crippen molar-refractivity contribution in [2.75, 3.05) is 18.9 Å². The quantitative estimate of drug-likeness (QED) is 0.519. The van der Waals surface area contributed by atoms with Gasteiger partial charge in [0, 0.05) is 19.4 Å². The molecule has 114 valence electrons. The minimum atomic E-state index is -4.35. The summed E-state index contributed by atoms with van der Waals surface area (Å²) in [6.45, 7) is 1.91. The lowest BCUT2D eigenvalue weighted by Gasteiger charge is -2.08. The third-order valence-corrected chi connectivity index (χ3v) is 3.53. The first-order chi connectivity index (χ1) is 8.66. The van der Waals surface area contributed by atoms with Gasteiger partial charge in [0.15, 0.2) is 0 Å². The van der Waals surface area contributed by atoms with Crippen LogP contribution in [0.3, 0.4) is 0 Å². The molecule has 0 amide bonds. The molecule has 0 heterocycles.